The molecule has 1 aromatic carbocycles. The number of nitrogens with zero attached hydrogens (tertiary/aromatic N) is 3. The van der Waals surface area contributed by atoms with E-state index in [1.807, 2.05) is 0 Å². The number of fused-ring (bicyclic) bond motifs is 3. The van der Waals surface area contributed by atoms with Crippen molar-refractivity contribution < 1.29 is 0 Å². The van der Waals surface area contributed by atoms with Gasteiger partial charge in [-0.1, -0.05) is 11.6 Å². The number of hydrogen-bond acceptors (Lipinski definition) is 5. The molecule has 3 fully saturated rings. The van der Waals surface area contributed by atoms with E-state index in [9.17, 15) is 0 Å². The van der Waals surface area contributed by atoms with Crippen LogP contribution in [0.1, 0.15) is 12.8 Å². The zero-order valence-corrected chi connectivity index (χ0v) is 15.1. The van der Waals surface area contributed by atoms with Gasteiger partial charge in [0.15, 0.2) is 0 Å². The van der Waals surface area contributed by atoms with Crippen LogP contribution in [0.3, 0.4) is 0 Å². The van der Waals surface area contributed by atoms with Crippen LogP contribution in [-0.4, -0.2) is 56.3 Å². The van der Waals surface area contributed by atoms with E-state index >= 15 is 0 Å². The van der Waals surface area contributed by atoms with Crippen molar-refractivity contribution in [1.82, 2.24) is 15.6 Å². The van der Waals surface area contributed by atoms with Crippen molar-refractivity contribution in [1.29, 1.82) is 0 Å². The molecule has 1 aromatic heterocycles. The van der Waals surface area contributed by atoms with Gasteiger partial charge in [0.2, 0.25) is 0 Å². The molecule has 2 bridgehead atoms. The average molecular weight is 358 g/mol. The first kappa shape index (κ1) is 15.7. The van der Waals surface area contributed by atoms with Gasteiger partial charge in [0.1, 0.15) is 5.82 Å². The molecule has 0 radical (unpaired) electrons. The quantitative estimate of drug-likeness (QED) is 0.863. The summed E-state index contributed by atoms with van der Waals surface area (Å²) in [4.78, 5) is 9.65. The number of hydrogen-bond donors (Lipinski definition) is 2. The third kappa shape index (κ3) is 2.94. The molecule has 5 rings (SSSR count). The predicted molar refractivity (Wildman–Crippen MR) is 104 cm³/mol. The van der Waals surface area contributed by atoms with E-state index in [1.165, 1.54) is 18.5 Å². The lowest BCUT2D eigenvalue weighted by molar-refractivity contribution is 0.466. The Bertz CT molecular complexity index is 777. The van der Waals surface area contributed by atoms with Crippen LogP contribution < -0.4 is 20.4 Å². The van der Waals surface area contributed by atoms with Gasteiger partial charge in [-0.25, -0.2) is 4.98 Å². The molecule has 5 nitrogen and oxygen atoms in total. The van der Waals surface area contributed by atoms with Crippen molar-refractivity contribution in [3.05, 3.63) is 29.3 Å². The summed E-state index contributed by atoms with van der Waals surface area (Å²) in [6.07, 6.45) is 2.60. The largest absolute Gasteiger partial charge is 0.368 e. The second kappa shape index (κ2) is 6.31. The van der Waals surface area contributed by atoms with Gasteiger partial charge in [0.25, 0.3) is 0 Å². The van der Waals surface area contributed by atoms with Gasteiger partial charge in [-0.05, 0) is 37.1 Å². The first-order valence-electron chi connectivity index (χ1n) is 9.33. The van der Waals surface area contributed by atoms with Crippen LogP contribution in [0.4, 0.5) is 11.5 Å². The average Bonchev–Trinajstić information content (AvgIpc) is 2.99. The Kier molecular flexibility index (Phi) is 3.95. The van der Waals surface area contributed by atoms with Crippen LogP contribution in [-0.2, 0) is 0 Å². The van der Waals surface area contributed by atoms with Gasteiger partial charge in [-0.3, -0.25) is 0 Å². The molecule has 2 aromatic rings. The molecule has 2 N–H and O–H groups in total. The Labute approximate surface area is 153 Å². The maximum atomic E-state index is 6.58. The summed E-state index contributed by atoms with van der Waals surface area (Å²) in [6.45, 7) is 6.09. The van der Waals surface area contributed by atoms with E-state index in [-0.39, 0.29) is 0 Å². The van der Waals surface area contributed by atoms with Crippen LogP contribution in [0.5, 0.6) is 0 Å². The third-order valence-corrected chi connectivity index (χ3v) is 6.01. The second-order valence-electron chi connectivity index (χ2n) is 7.45. The van der Waals surface area contributed by atoms with Crippen LogP contribution in [0.15, 0.2) is 24.3 Å². The molecule has 0 saturated carbocycles. The molecule has 3 saturated heterocycles. The molecule has 0 spiro atoms. The summed E-state index contributed by atoms with van der Waals surface area (Å²) in [5.41, 5.74) is 2.32. The van der Waals surface area contributed by atoms with Gasteiger partial charge in [0, 0.05) is 62.4 Å². The van der Waals surface area contributed by atoms with Crippen molar-refractivity contribution in [3.8, 4) is 0 Å². The van der Waals surface area contributed by atoms with Crippen molar-refractivity contribution in [2.45, 2.75) is 24.9 Å². The zero-order valence-electron chi connectivity index (χ0n) is 14.3. The fraction of sp³-hybridized carbons (Fsp3) is 0.526. The Hall–Kier alpha value is -1.56. The molecule has 25 heavy (non-hydrogen) atoms. The minimum absolute atomic E-state index is 0.645. The van der Waals surface area contributed by atoms with Gasteiger partial charge in [-0.2, -0.15) is 0 Å². The van der Waals surface area contributed by atoms with Gasteiger partial charge in [0.05, 0.1) is 10.5 Å². The second-order valence-corrected chi connectivity index (χ2v) is 7.86. The highest BCUT2D eigenvalue weighted by atomic mass is 35.5. The molecule has 3 aliphatic rings. The zero-order chi connectivity index (χ0) is 16.8. The number of halogens is 1. The summed E-state index contributed by atoms with van der Waals surface area (Å²) in [7, 11) is 0. The minimum atomic E-state index is 0.645. The van der Waals surface area contributed by atoms with Crippen molar-refractivity contribution >= 4 is 34.0 Å². The van der Waals surface area contributed by atoms with E-state index in [4.69, 9.17) is 16.6 Å². The van der Waals surface area contributed by atoms with Crippen LogP contribution in [0.25, 0.3) is 10.9 Å². The standard InChI is InChI=1S/C19H24ClN5/c20-17-10-13-9-16(25-11-14-1-2-15(12-25)22-14)3-4-18(13)23-19(17)24-7-5-21-6-8-24/h3-4,9-10,14-15,21-22H,1-2,5-8,11-12H2. The molecule has 132 valence electrons. The number of benzene rings is 1. The first-order chi connectivity index (χ1) is 12.3. The maximum absolute atomic E-state index is 6.58. The number of aromatic nitrogens is 1. The highest BCUT2D eigenvalue weighted by Gasteiger charge is 2.32. The maximum Gasteiger partial charge on any atom is 0.148 e. The normalized spacial score (nSPS) is 26.4. The van der Waals surface area contributed by atoms with E-state index in [0.29, 0.717) is 12.1 Å². The van der Waals surface area contributed by atoms with E-state index in [1.54, 1.807) is 0 Å². The van der Waals surface area contributed by atoms with E-state index in [0.717, 1.165) is 61.0 Å². The molecule has 3 aliphatic heterocycles. The number of rotatable bonds is 2. The summed E-state index contributed by atoms with van der Waals surface area (Å²) < 4.78 is 0. The molecule has 4 heterocycles. The van der Waals surface area contributed by atoms with Crippen molar-refractivity contribution in [3.63, 3.8) is 0 Å². The molecule has 6 heteroatoms. The third-order valence-electron chi connectivity index (χ3n) is 5.73. The summed E-state index contributed by atoms with van der Waals surface area (Å²) >= 11 is 6.58. The molecule has 0 amide bonds. The highest BCUT2D eigenvalue weighted by molar-refractivity contribution is 6.33. The van der Waals surface area contributed by atoms with Gasteiger partial charge >= 0.3 is 0 Å². The van der Waals surface area contributed by atoms with Crippen LogP contribution in [0, 0.1) is 0 Å². The molecule has 2 atom stereocenters. The Balaban J connectivity index is 1.46. The minimum Gasteiger partial charge on any atom is -0.368 e. The van der Waals surface area contributed by atoms with Gasteiger partial charge < -0.3 is 20.4 Å². The lowest BCUT2D eigenvalue weighted by atomic mass is 10.1. The smallest absolute Gasteiger partial charge is 0.148 e. The van der Waals surface area contributed by atoms with Gasteiger partial charge in [-0.15, -0.1) is 0 Å². The Morgan fingerprint density at radius 2 is 1.76 bits per heavy atom. The topological polar surface area (TPSA) is 43.4 Å². The number of nitrogens with one attached hydrogen (secondary N) is 2. The predicted octanol–water partition coefficient (Wildman–Crippen LogP) is 2.24. The van der Waals surface area contributed by atoms with Crippen molar-refractivity contribution in [2.75, 3.05) is 49.1 Å². The summed E-state index contributed by atoms with van der Waals surface area (Å²) in [5.74, 6) is 0.920. The molecular weight excluding hydrogens is 334 g/mol. The summed E-state index contributed by atoms with van der Waals surface area (Å²) in [6, 6.07) is 9.99. The molecule has 2 unspecified atom stereocenters. The number of anilines is 2. The Morgan fingerprint density at radius 3 is 2.52 bits per heavy atom. The highest BCUT2D eigenvalue weighted by Crippen LogP contribution is 2.32. The Morgan fingerprint density at radius 1 is 1.00 bits per heavy atom. The number of pyridine rings is 1. The lowest BCUT2D eigenvalue weighted by Gasteiger charge is -2.34. The fourth-order valence-electron chi connectivity index (χ4n) is 4.43. The first-order valence-corrected chi connectivity index (χ1v) is 9.71. The van der Waals surface area contributed by atoms with Crippen LogP contribution >= 0.6 is 11.6 Å². The van der Waals surface area contributed by atoms with Crippen molar-refractivity contribution in [2.24, 2.45) is 0 Å². The van der Waals surface area contributed by atoms with Crippen LogP contribution in [0.2, 0.25) is 5.02 Å². The molecule has 0 aliphatic carbocycles. The summed E-state index contributed by atoms with van der Waals surface area (Å²) in [5, 5.41) is 8.96. The fourth-order valence-corrected chi connectivity index (χ4v) is 4.71. The molecular formula is C19H24ClN5. The monoisotopic (exact) mass is 357 g/mol. The SMILES string of the molecule is Clc1cc2cc(N3CC4CCC(C3)N4)ccc2nc1N1CCNCC1. The number of piperazine rings is 2. The van der Waals surface area contributed by atoms with E-state index < -0.39 is 0 Å². The lowest BCUT2D eigenvalue weighted by Crippen LogP contribution is -2.51. The van der Waals surface area contributed by atoms with E-state index in [2.05, 4.69) is 44.7 Å².